The Morgan fingerprint density at radius 1 is 1.00 bits per heavy atom. The summed E-state index contributed by atoms with van der Waals surface area (Å²) in [6.45, 7) is 0.964. The van der Waals surface area contributed by atoms with Gasteiger partial charge in [-0.3, -0.25) is 9.69 Å². The van der Waals surface area contributed by atoms with Gasteiger partial charge in [0.25, 0.3) is 5.91 Å². The molecule has 4 rings (SSSR count). The zero-order valence-electron chi connectivity index (χ0n) is 18.8. The molecule has 0 fully saturated rings. The smallest absolute Gasteiger partial charge is 0.325 e. The number of phenols is 1. The first-order chi connectivity index (χ1) is 16.6. The van der Waals surface area contributed by atoms with Gasteiger partial charge in [0.2, 0.25) is 0 Å². The summed E-state index contributed by atoms with van der Waals surface area (Å²) in [6, 6.07) is 8.54. The van der Waals surface area contributed by atoms with Gasteiger partial charge >= 0.3 is 6.03 Å². The SMILES string of the molecule is C[C@@H]1c2ccc(C(=O)NCc3c(F)cc(F)cc3F)cc2N(Cc2c(O)cccc2F)C(=O)N1C. The summed E-state index contributed by atoms with van der Waals surface area (Å²) < 4.78 is 55.3. The van der Waals surface area contributed by atoms with Gasteiger partial charge in [0.1, 0.15) is 29.0 Å². The molecule has 0 spiro atoms. The molecule has 0 bridgehead atoms. The molecule has 3 amide bonds. The third kappa shape index (κ3) is 4.51. The van der Waals surface area contributed by atoms with Crippen LogP contribution in [-0.4, -0.2) is 29.0 Å². The van der Waals surface area contributed by atoms with Gasteiger partial charge < -0.3 is 15.3 Å². The van der Waals surface area contributed by atoms with Crippen LogP contribution in [-0.2, 0) is 13.1 Å². The molecule has 35 heavy (non-hydrogen) atoms. The van der Waals surface area contributed by atoms with Crippen molar-refractivity contribution in [2.45, 2.75) is 26.1 Å². The number of aromatic hydroxyl groups is 1. The molecule has 0 aromatic heterocycles. The summed E-state index contributed by atoms with van der Waals surface area (Å²) in [4.78, 5) is 28.5. The molecular weight excluding hydrogens is 466 g/mol. The molecule has 182 valence electrons. The minimum absolute atomic E-state index is 0.0824. The largest absolute Gasteiger partial charge is 0.507 e. The maximum Gasteiger partial charge on any atom is 0.325 e. The second kappa shape index (κ2) is 9.28. The number of phenolic OH excluding ortho intramolecular Hbond substituents is 1. The molecule has 0 unspecified atom stereocenters. The summed E-state index contributed by atoms with van der Waals surface area (Å²) in [5.41, 5.74) is 0.496. The van der Waals surface area contributed by atoms with Gasteiger partial charge in [-0.2, -0.15) is 0 Å². The van der Waals surface area contributed by atoms with Gasteiger partial charge in [-0.1, -0.05) is 12.1 Å². The lowest BCUT2D eigenvalue weighted by molar-refractivity contribution is 0.0950. The highest BCUT2D eigenvalue weighted by Crippen LogP contribution is 2.38. The number of rotatable bonds is 5. The topological polar surface area (TPSA) is 72.9 Å². The fourth-order valence-corrected chi connectivity index (χ4v) is 3.97. The lowest BCUT2D eigenvalue weighted by Crippen LogP contribution is -2.46. The highest BCUT2D eigenvalue weighted by molar-refractivity contribution is 5.99. The minimum atomic E-state index is -1.13. The van der Waals surface area contributed by atoms with Crippen LogP contribution < -0.4 is 10.2 Å². The standard InChI is InChI=1S/C25H21F4N3O3/c1-13-16-7-6-14(24(34)30-11-17-20(28)9-15(26)10-21(17)29)8-22(16)32(25(35)31(13)2)12-18-19(27)4-3-5-23(18)33/h3-10,13,33H,11-12H2,1-2H3,(H,30,34)/t13-/m1/s1. The molecule has 2 N–H and O–H groups in total. The molecular formula is C25H21F4N3O3. The van der Waals surface area contributed by atoms with Crippen molar-refractivity contribution < 1.29 is 32.3 Å². The molecule has 3 aromatic carbocycles. The van der Waals surface area contributed by atoms with Crippen molar-refractivity contribution in [2.75, 3.05) is 11.9 Å². The maximum atomic E-state index is 14.4. The molecule has 1 heterocycles. The molecule has 1 atom stereocenters. The second-order valence-corrected chi connectivity index (χ2v) is 8.20. The normalized spacial score (nSPS) is 15.3. The van der Waals surface area contributed by atoms with Crippen LogP contribution >= 0.6 is 0 Å². The zero-order valence-corrected chi connectivity index (χ0v) is 18.8. The molecule has 3 aromatic rings. The number of carbonyl (C=O) groups excluding carboxylic acids is 2. The number of anilines is 1. The van der Waals surface area contributed by atoms with E-state index in [2.05, 4.69) is 5.32 Å². The van der Waals surface area contributed by atoms with E-state index in [9.17, 15) is 32.3 Å². The molecule has 6 nitrogen and oxygen atoms in total. The van der Waals surface area contributed by atoms with Crippen LogP contribution in [0.5, 0.6) is 5.75 Å². The Labute approximate surface area is 198 Å². The number of hydrogen-bond donors (Lipinski definition) is 2. The lowest BCUT2D eigenvalue weighted by Gasteiger charge is -2.39. The van der Waals surface area contributed by atoms with Gasteiger partial charge in [0.15, 0.2) is 0 Å². The summed E-state index contributed by atoms with van der Waals surface area (Å²) in [7, 11) is 1.58. The van der Waals surface area contributed by atoms with E-state index in [0.717, 1.165) is 6.07 Å². The first kappa shape index (κ1) is 24.1. The average molecular weight is 487 g/mol. The van der Waals surface area contributed by atoms with Crippen LogP contribution in [0.15, 0.2) is 48.5 Å². The van der Waals surface area contributed by atoms with Crippen molar-refractivity contribution in [1.82, 2.24) is 10.2 Å². The Hall–Kier alpha value is -4.08. The van der Waals surface area contributed by atoms with Gasteiger partial charge in [-0.05, 0) is 36.8 Å². The highest BCUT2D eigenvalue weighted by atomic mass is 19.1. The van der Waals surface area contributed by atoms with Gasteiger partial charge in [0, 0.05) is 42.4 Å². The van der Waals surface area contributed by atoms with E-state index in [1.165, 1.54) is 34.1 Å². The molecule has 0 aliphatic carbocycles. The molecule has 10 heteroatoms. The van der Waals surface area contributed by atoms with Gasteiger partial charge in [-0.15, -0.1) is 0 Å². The van der Waals surface area contributed by atoms with E-state index in [1.807, 2.05) is 0 Å². The number of halogens is 4. The Morgan fingerprint density at radius 2 is 1.69 bits per heavy atom. The zero-order chi connectivity index (χ0) is 25.4. The summed E-state index contributed by atoms with van der Waals surface area (Å²) in [5.74, 6) is -5.05. The van der Waals surface area contributed by atoms with E-state index >= 15 is 0 Å². The van der Waals surface area contributed by atoms with Crippen LogP contribution in [0.2, 0.25) is 0 Å². The minimum Gasteiger partial charge on any atom is -0.507 e. The van der Waals surface area contributed by atoms with E-state index in [1.54, 1.807) is 20.0 Å². The summed E-state index contributed by atoms with van der Waals surface area (Å²) in [5, 5.41) is 12.5. The van der Waals surface area contributed by atoms with Crippen LogP contribution in [0.1, 0.15) is 40.0 Å². The number of benzene rings is 3. The molecule has 0 radical (unpaired) electrons. The Morgan fingerprint density at radius 3 is 2.34 bits per heavy atom. The third-order valence-corrected chi connectivity index (χ3v) is 6.09. The van der Waals surface area contributed by atoms with Crippen molar-refractivity contribution in [3.8, 4) is 5.75 Å². The van der Waals surface area contributed by atoms with E-state index in [0.29, 0.717) is 23.4 Å². The van der Waals surface area contributed by atoms with Crippen LogP contribution in [0.3, 0.4) is 0 Å². The summed E-state index contributed by atoms with van der Waals surface area (Å²) in [6.07, 6.45) is 0. The van der Waals surface area contributed by atoms with Crippen LogP contribution in [0.4, 0.5) is 28.0 Å². The third-order valence-electron chi connectivity index (χ3n) is 6.09. The Bertz CT molecular complexity index is 1290. The molecule has 0 saturated heterocycles. The van der Waals surface area contributed by atoms with Crippen molar-refractivity contribution in [1.29, 1.82) is 0 Å². The van der Waals surface area contributed by atoms with Crippen molar-refractivity contribution in [2.24, 2.45) is 0 Å². The number of hydrogen-bond acceptors (Lipinski definition) is 3. The lowest BCUT2D eigenvalue weighted by atomic mass is 9.98. The van der Waals surface area contributed by atoms with E-state index in [4.69, 9.17) is 0 Å². The molecule has 0 saturated carbocycles. The second-order valence-electron chi connectivity index (χ2n) is 8.20. The predicted octanol–water partition coefficient (Wildman–Crippen LogP) is 5.01. The van der Waals surface area contributed by atoms with Crippen LogP contribution in [0.25, 0.3) is 0 Å². The van der Waals surface area contributed by atoms with Gasteiger partial charge in [0.05, 0.1) is 18.3 Å². The predicted molar refractivity (Wildman–Crippen MR) is 120 cm³/mol. The van der Waals surface area contributed by atoms with E-state index < -0.39 is 47.3 Å². The average Bonchev–Trinajstić information content (AvgIpc) is 2.80. The van der Waals surface area contributed by atoms with Crippen molar-refractivity contribution in [3.05, 3.63) is 94.1 Å². The quantitative estimate of drug-likeness (QED) is 0.497. The Kier molecular flexibility index (Phi) is 6.38. The van der Waals surface area contributed by atoms with Crippen molar-refractivity contribution >= 4 is 17.6 Å². The first-order valence-corrected chi connectivity index (χ1v) is 10.6. The molecule has 1 aliphatic rings. The molecule has 1 aliphatic heterocycles. The maximum absolute atomic E-state index is 14.4. The fourth-order valence-electron chi connectivity index (χ4n) is 3.97. The van der Waals surface area contributed by atoms with Crippen LogP contribution in [0, 0.1) is 23.3 Å². The number of amides is 3. The number of urea groups is 1. The number of nitrogens with one attached hydrogen (secondary N) is 1. The first-order valence-electron chi connectivity index (χ1n) is 10.6. The van der Waals surface area contributed by atoms with Gasteiger partial charge in [-0.25, -0.2) is 22.4 Å². The number of fused-ring (bicyclic) bond motifs is 1. The number of nitrogens with zero attached hydrogens (tertiary/aromatic N) is 2. The summed E-state index contributed by atoms with van der Waals surface area (Å²) >= 11 is 0. The Balaban J connectivity index is 1.65. The highest BCUT2D eigenvalue weighted by Gasteiger charge is 2.34. The van der Waals surface area contributed by atoms with Crippen molar-refractivity contribution in [3.63, 3.8) is 0 Å². The number of carbonyl (C=O) groups is 2. The monoisotopic (exact) mass is 487 g/mol. The fraction of sp³-hybridized carbons (Fsp3) is 0.200. The van der Waals surface area contributed by atoms with E-state index in [-0.39, 0.29) is 29.5 Å².